The Morgan fingerprint density at radius 3 is 2.43 bits per heavy atom. The third-order valence-electron chi connectivity index (χ3n) is 4.11. The Morgan fingerprint density at radius 2 is 1.78 bits per heavy atom. The van der Waals surface area contributed by atoms with Crippen molar-refractivity contribution in [3.8, 4) is 0 Å². The average molecular weight is 325 g/mol. The minimum atomic E-state index is -0.0190. The van der Waals surface area contributed by atoms with Crippen molar-refractivity contribution in [2.75, 3.05) is 26.9 Å². The summed E-state index contributed by atoms with van der Waals surface area (Å²) in [6.45, 7) is 9.71. The van der Waals surface area contributed by atoms with Gasteiger partial charge in [-0.2, -0.15) is 0 Å². The second-order valence-corrected chi connectivity index (χ2v) is 6.53. The molecule has 0 spiro atoms. The number of hydrogen-bond acceptors (Lipinski definition) is 3. The minimum absolute atomic E-state index is 0.0190. The fourth-order valence-corrected chi connectivity index (χ4v) is 2.26. The molecule has 1 unspecified atom stereocenters. The van der Waals surface area contributed by atoms with E-state index in [1.165, 1.54) is 43.9 Å². The minimum Gasteiger partial charge on any atom is -0.377 e. The van der Waals surface area contributed by atoms with E-state index >= 15 is 0 Å². The lowest BCUT2D eigenvalue weighted by Gasteiger charge is -2.08. The van der Waals surface area contributed by atoms with Gasteiger partial charge in [0.1, 0.15) is 13.2 Å². The van der Waals surface area contributed by atoms with Gasteiger partial charge in [0.15, 0.2) is 5.78 Å². The highest BCUT2D eigenvalue weighted by Gasteiger charge is 2.00. The van der Waals surface area contributed by atoms with Crippen LogP contribution in [0.4, 0.5) is 0 Å². The average Bonchev–Trinajstić information content (AvgIpc) is 2.51. The van der Waals surface area contributed by atoms with Crippen LogP contribution in [0.5, 0.6) is 0 Å². The largest absolute Gasteiger partial charge is 0.377 e. The van der Waals surface area contributed by atoms with E-state index in [1.807, 2.05) is 0 Å². The van der Waals surface area contributed by atoms with Crippen LogP contribution >= 0.6 is 0 Å². The van der Waals surface area contributed by atoms with Crippen LogP contribution in [0, 0.1) is 5.92 Å². The van der Waals surface area contributed by atoms with Crippen molar-refractivity contribution in [3.63, 3.8) is 0 Å². The normalized spacial score (nSPS) is 14.1. The molecule has 0 fully saturated rings. The number of hydrogen-bond donors (Lipinski definition) is 0. The smallest absolute Gasteiger partial charge is 0.183 e. The van der Waals surface area contributed by atoms with Crippen LogP contribution in [0.15, 0.2) is 23.3 Å². The van der Waals surface area contributed by atoms with Gasteiger partial charge >= 0.3 is 0 Å². The summed E-state index contributed by atoms with van der Waals surface area (Å²) in [4.78, 5) is 11.2. The molecule has 0 aromatic heterocycles. The predicted octanol–water partition coefficient (Wildman–Crippen LogP) is 5.11. The van der Waals surface area contributed by atoms with Crippen LogP contribution in [0.25, 0.3) is 0 Å². The fraction of sp³-hybridized carbons (Fsp3) is 0.750. The molecule has 0 rings (SSSR count). The molecule has 0 heterocycles. The number of carbonyl (C=O) groups excluding carboxylic acids is 1. The zero-order chi connectivity index (χ0) is 17.5. The molecule has 0 bridgehead atoms. The van der Waals surface area contributed by atoms with Gasteiger partial charge in [-0.05, 0) is 45.4 Å². The number of methoxy groups -OCH3 is 1. The Morgan fingerprint density at radius 1 is 1.09 bits per heavy atom. The van der Waals surface area contributed by atoms with Gasteiger partial charge in [-0.15, -0.1) is 0 Å². The third-order valence-corrected chi connectivity index (χ3v) is 4.11. The molecule has 0 aromatic rings. The lowest BCUT2D eigenvalue weighted by molar-refractivity contribution is -0.126. The summed E-state index contributed by atoms with van der Waals surface area (Å²) in [7, 11) is 1.52. The van der Waals surface area contributed by atoms with Gasteiger partial charge in [-0.3, -0.25) is 4.79 Å². The van der Waals surface area contributed by atoms with Gasteiger partial charge in [0.25, 0.3) is 0 Å². The van der Waals surface area contributed by atoms with Gasteiger partial charge < -0.3 is 9.47 Å². The van der Waals surface area contributed by atoms with Gasteiger partial charge in [0.2, 0.25) is 0 Å². The molecule has 3 nitrogen and oxygen atoms in total. The van der Waals surface area contributed by atoms with E-state index in [0.717, 1.165) is 18.8 Å². The maximum absolute atomic E-state index is 11.2. The number of allylic oxidation sites excluding steroid dienone is 3. The SMILES string of the molecule is CCC(C)CCCC(C)=CCCC(C)=CCOCC(=O)COC. The van der Waals surface area contributed by atoms with Gasteiger partial charge in [0.05, 0.1) is 6.61 Å². The van der Waals surface area contributed by atoms with Gasteiger partial charge in [-0.25, -0.2) is 0 Å². The number of ether oxygens (including phenoxy) is 2. The molecular weight excluding hydrogens is 288 g/mol. The van der Waals surface area contributed by atoms with E-state index in [9.17, 15) is 4.79 Å². The summed E-state index contributed by atoms with van der Waals surface area (Å²) in [6.07, 6.45) is 11.7. The Labute approximate surface area is 143 Å². The summed E-state index contributed by atoms with van der Waals surface area (Å²) in [5, 5.41) is 0. The molecule has 23 heavy (non-hydrogen) atoms. The zero-order valence-corrected chi connectivity index (χ0v) is 15.8. The Kier molecular flexibility index (Phi) is 14.1. The molecule has 134 valence electrons. The highest BCUT2D eigenvalue weighted by atomic mass is 16.5. The van der Waals surface area contributed by atoms with E-state index in [1.54, 1.807) is 0 Å². The van der Waals surface area contributed by atoms with Crippen LogP contribution in [0.3, 0.4) is 0 Å². The van der Waals surface area contributed by atoms with Crippen molar-refractivity contribution in [1.82, 2.24) is 0 Å². The Bertz CT molecular complexity index is 369. The van der Waals surface area contributed by atoms with Crippen molar-refractivity contribution < 1.29 is 14.3 Å². The highest BCUT2D eigenvalue weighted by molar-refractivity contribution is 5.80. The van der Waals surface area contributed by atoms with Crippen molar-refractivity contribution in [2.45, 2.75) is 66.2 Å². The molecule has 0 saturated carbocycles. The molecule has 0 radical (unpaired) electrons. The summed E-state index contributed by atoms with van der Waals surface area (Å²) in [5.41, 5.74) is 2.82. The van der Waals surface area contributed by atoms with Crippen LogP contribution < -0.4 is 0 Å². The summed E-state index contributed by atoms with van der Waals surface area (Å²) >= 11 is 0. The van der Waals surface area contributed by atoms with Crippen molar-refractivity contribution in [2.24, 2.45) is 5.92 Å². The van der Waals surface area contributed by atoms with Gasteiger partial charge in [0, 0.05) is 7.11 Å². The zero-order valence-electron chi connectivity index (χ0n) is 15.8. The first-order chi connectivity index (χ1) is 11.0. The number of Topliss-reactive ketones (excluding diaryl/α,β-unsaturated/α-hetero) is 1. The molecular formula is C20H36O3. The second kappa shape index (κ2) is 14.6. The number of carbonyl (C=O) groups is 1. The summed E-state index contributed by atoms with van der Waals surface area (Å²) in [6, 6.07) is 0. The maximum atomic E-state index is 11.2. The van der Waals surface area contributed by atoms with Crippen molar-refractivity contribution in [1.29, 1.82) is 0 Å². The third kappa shape index (κ3) is 14.4. The molecule has 0 amide bonds. The first-order valence-corrected chi connectivity index (χ1v) is 8.89. The molecule has 0 aliphatic carbocycles. The standard InChI is InChI=1S/C20H36O3/c1-6-17(2)9-7-10-18(3)11-8-12-19(4)13-14-23-16-20(21)15-22-5/h11,13,17H,6-10,12,14-16H2,1-5H3. The van der Waals surface area contributed by atoms with E-state index in [2.05, 4.69) is 39.8 Å². The predicted molar refractivity (Wildman–Crippen MR) is 97.8 cm³/mol. The molecule has 0 aliphatic rings. The van der Waals surface area contributed by atoms with Crippen LogP contribution in [0.1, 0.15) is 66.2 Å². The lowest BCUT2D eigenvalue weighted by atomic mass is 9.99. The van der Waals surface area contributed by atoms with E-state index in [0.29, 0.717) is 6.61 Å². The van der Waals surface area contributed by atoms with Gasteiger partial charge in [-0.1, -0.05) is 50.0 Å². The Balaban J connectivity index is 3.77. The summed E-state index contributed by atoms with van der Waals surface area (Å²) < 4.78 is 10.1. The molecule has 0 N–H and O–H groups in total. The molecule has 1 atom stereocenters. The van der Waals surface area contributed by atoms with Crippen LogP contribution in [-0.2, 0) is 14.3 Å². The number of rotatable bonds is 14. The first kappa shape index (κ1) is 22.1. The van der Waals surface area contributed by atoms with E-state index in [4.69, 9.17) is 9.47 Å². The second-order valence-electron chi connectivity index (χ2n) is 6.53. The van der Waals surface area contributed by atoms with Crippen molar-refractivity contribution >= 4 is 5.78 Å². The van der Waals surface area contributed by atoms with Crippen LogP contribution in [-0.4, -0.2) is 32.7 Å². The maximum Gasteiger partial charge on any atom is 0.183 e. The monoisotopic (exact) mass is 324 g/mol. The Hall–Kier alpha value is -0.930. The molecule has 3 heteroatoms. The van der Waals surface area contributed by atoms with Crippen molar-refractivity contribution in [3.05, 3.63) is 23.3 Å². The summed E-state index contributed by atoms with van der Waals surface area (Å²) in [5.74, 6) is 0.832. The highest BCUT2D eigenvalue weighted by Crippen LogP contribution is 2.15. The quantitative estimate of drug-likeness (QED) is 0.329. The lowest BCUT2D eigenvalue weighted by Crippen LogP contribution is -2.14. The fourth-order valence-electron chi connectivity index (χ4n) is 2.26. The van der Waals surface area contributed by atoms with E-state index in [-0.39, 0.29) is 19.0 Å². The molecule has 0 aliphatic heterocycles. The first-order valence-electron chi connectivity index (χ1n) is 8.89. The molecule has 0 aromatic carbocycles. The molecule has 0 saturated heterocycles. The van der Waals surface area contributed by atoms with E-state index < -0.39 is 0 Å². The van der Waals surface area contributed by atoms with Crippen LogP contribution in [0.2, 0.25) is 0 Å². The number of ketones is 1. The topological polar surface area (TPSA) is 35.5 Å².